The van der Waals surface area contributed by atoms with Gasteiger partial charge in [0, 0.05) is 31.0 Å². The summed E-state index contributed by atoms with van der Waals surface area (Å²) >= 11 is 6.31. The van der Waals surface area contributed by atoms with E-state index in [1.807, 2.05) is 0 Å². The van der Waals surface area contributed by atoms with Gasteiger partial charge in [-0.15, -0.1) is 0 Å². The molecule has 0 radical (unpaired) electrons. The Morgan fingerprint density at radius 3 is 2.53 bits per heavy atom. The molecule has 2 aliphatic heterocycles. The summed E-state index contributed by atoms with van der Waals surface area (Å²) in [6.45, 7) is 5.80. The van der Waals surface area contributed by atoms with Crippen LogP contribution in [0.3, 0.4) is 0 Å². The second-order valence-electron chi connectivity index (χ2n) is 7.93. The van der Waals surface area contributed by atoms with Crippen molar-refractivity contribution in [3.8, 4) is 11.5 Å². The van der Waals surface area contributed by atoms with E-state index in [0.717, 1.165) is 58.2 Å². The topological polar surface area (TPSA) is 79.9 Å². The van der Waals surface area contributed by atoms with Crippen molar-refractivity contribution in [2.75, 3.05) is 44.7 Å². The van der Waals surface area contributed by atoms with E-state index < -0.39 is 0 Å². The molecule has 166 valence electrons. The third-order valence-electron chi connectivity index (χ3n) is 5.52. The zero-order chi connectivity index (χ0) is 21.3. The van der Waals surface area contributed by atoms with Crippen LogP contribution in [-0.2, 0) is 9.59 Å². The first-order valence-electron chi connectivity index (χ1n) is 11.0. The lowest BCUT2D eigenvalue weighted by molar-refractivity contribution is -0.126. The molecular weight excluding hydrogens is 406 g/mol. The number of hydrogen-bond acceptors (Lipinski definition) is 5. The summed E-state index contributed by atoms with van der Waals surface area (Å²) in [5.74, 6) is 1.26. The van der Waals surface area contributed by atoms with Gasteiger partial charge in [0.05, 0.1) is 30.5 Å². The molecule has 0 aliphatic carbocycles. The van der Waals surface area contributed by atoms with Crippen LogP contribution in [0.4, 0.5) is 5.69 Å². The molecule has 0 spiro atoms. The van der Waals surface area contributed by atoms with Crippen molar-refractivity contribution in [2.24, 2.45) is 5.92 Å². The number of amides is 2. The van der Waals surface area contributed by atoms with Gasteiger partial charge >= 0.3 is 0 Å². The Kier molecular flexibility index (Phi) is 8.63. The minimum Gasteiger partial charge on any atom is -0.490 e. The van der Waals surface area contributed by atoms with Crippen molar-refractivity contribution >= 4 is 29.1 Å². The van der Waals surface area contributed by atoms with Crippen LogP contribution in [0.2, 0.25) is 5.02 Å². The van der Waals surface area contributed by atoms with Crippen LogP contribution >= 0.6 is 11.6 Å². The molecule has 1 aromatic rings. The standard InChI is InChI=1S/C22H32ClN3O4/c1-2-3-4-8-24-22(28)16-6-9-26(10-7-16)15-21(27)25-18-14-20-19(13-17(18)23)29-11-5-12-30-20/h13-14,16H,2-12,15H2,1H3,(H,24,28)(H,25,27). The highest BCUT2D eigenvalue weighted by Gasteiger charge is 2.26. The van der Waals surface area contributed by atoms with Gasteiger partial charge in [0.15, 0.2) is 11.5 Å². The molecular formula is C22H32ClN3O4. The van der Waals surface area contributed by atoms with Crippen LogP contribution in [0.1, 0.15) is 45.4 Å². The van der Waals surface area contributed by atoms with E-state index in [4.69, 9.17) is 21.1 Å². The lowest BCUT2D eigenvalue weighted by Gasteiger charge is -2.30. The van der Waals surface area contributed by atoms with E-state index >= 15 is 0 Å². The van der Waals surface area contributed by atoms with Crippen LogP contribution in [-0.4, -0.2) is 56.1 Å². The first kappa shape index (κ1) is 22.7. The van der Waals surface area contributed by atoms with Gasteiger partial charge in [-0.1, -0.05) is 31.4 Å². The number of fused-ring (bicyclic) bond motifs is 1. The van der Waals surface area contributed by atoms with Gasteiger partial charge in [-0.2, -0.15) is 0 Å². The fraction of sp³-hybridized carbons (Fsp3) is 0.636. The SMILES string of the molecule is CCCCCNC(=O)C1CCN(CC(=O)Nc2cc3c(cc2Cl)OCCCO3)CC1. The van der Waals surface area contributed by atoms with Crippen molar-refractivity contribution in [1.29, 1.82) is 0 Å². The van der Waals surface area contributed by atoms with E-state index in [9.17, 15) is 9.59 Å². The number of nitrogens with zero attached hydrogens (tertiary/aromatic N) is 1. The zero-order valence-corrected chi connectivity index (χ0v) is 18.4. The zero-order valence-electron chi connectivity index (χ0n) is 17.7. The number of rotatable bonds is 8. The summed E-state index contributed by atoms with van der Waals surface area (Å²) in [6.07, 6.45) is 5.68. The predicted octanol–water partition coefficient (Wildman–Crippen LogP) is 3.46. The summed E-state index contributed by atoms with van der Waals surface area (Å²) < 4.78 is 11.3. The molecule has 0 unspecified atom stereocenters. The number of piperidine rings is 1. The fourth-order valence-corrected chi connectivity index (χ4v) is 3.96. The average molecular weight is 438 g/mol. The number of likely N-dealkylation sites (tertiary alicyclic amines) is 1. The maximum Gasteiger partial charge on any atom is 0.238 e. The summed E-state index contributed by atoms with van der Waals surface area (Å²) in [6, 6.07) is 3.40. The highest BCUT2D eigenvalue weighted by Crippen LogP contribution is 2.37. The maximum atomic E-state index is 12.5. The number of carbonyl (C=O) groups is 2. The smallest absolute Gasteiger partial charge is 0.238 e. The summed E-state index contributed by atoms with van der Waals surface area (Å²) in [5, 5.41) is 6.33. The lowest BCUT2D eigenvalue weighted by Crippen LogP contribution is -2.43. The highest BCUT2D eigenvalue weighted by molar-refractivity contribution is 6.34. The van der Waals surface area contributed by atoms with Crippen LogP contribution in [0, 0.1) is 5.92 Å². The molecule has 7 nitrogen and oxygen atoms in total. The van der Waals surface area contributed by atoms with Crippen LogP contribution in [0.15, 0.2) is 12.1 Å². The summed E-state index contributed by atoms with van der Waals surface area (Å²) in [5.41, 5.74) is 0.521. The summed E-state index contributed by atoms with van der Waals surface area (Å²) in [7, 11) is 0. The third kappa shape index (κ3) is 6.51. The highest BCUT2D eigenvalue weighted by atomic mass is 35.5. The number of unbranched alkanes of at least 4 members (excludes halogenated alkanes) is 2. The summed E-state index contributed by atoms with van der Waals surface area (Å²) in [4.78, 5) is 26.9. The quantitative estimate of drug-likeness (QED) is 0.609. The first-order valence-corrected chi connectivity index (χ1v) is 11.3. The number of benzene rings is 1. The van der Waals surface area contributed by atoms with Gasteiger partial charge in [0.1, 0.15) is 0 Å². The Morgan fingerprint density at radius 1 is 1.13 bits per heavy atom. The number of hydrogen-bond donors (Lipinski definition) is 2. The molecule has 0 bridgehead atoms. The minimum atomic E-state index is -0.131. The molecule has 0 saturated carbocycles. The van der Waals surface area contributed by atoms with Crippen molar-refractivity contribution in [2.45, 2.75) is 45.4 Å². The molecule has 0 atom stereocenters. The van der Waals surface area contributed by atoms with Crippen LogP contribution < -0.4 is 20.1 Å². The number of carbonyl (C=O) groups excluding carboxylic acids is 2. The molecule has 2 N–H and O–H groups in total. The maximum absolute atomic E-state index is 12.5. The Bertz CT molecular complexity index is 735. The molecule has 2 aliphatic rings. The van der Waals surface area contributed by atoms with Gasteiger partial charge in [0.25, 0.3) is 0 Å². The van der Waals surface area contributed by atoms with Gasteiger partial charge in [0.2, 0.25) is 11.8 Å². The van der Waals surface area contributed by atoms with E-state index in [1.54, 1.807) is 12.1 Å². The molecule has 8 heteroatoms. The van der Waals surface area contributed by atoms with Gasteiger partial charge in [-0.05, 0) is 32.4 Å². The number of anilines is 1. The van der Waals surface area contributed by atoms with Crippen molar-refractivity contribution in [3.63, 3.8) is 0 Å². The van der Waals surface area contributed by atoms with Crippen LogP contribution in [0.5, 0.6) is 11.5 Å². The van der Waals surface area contributed by atoms with Gasteiger partial charge < -0.3 is 20.1 Å². The number of halogens is 1. The molecule has 1 fully saturated rings. The van der Waals surface area contributed by atoms with Crippen molar-refractivity contribution in [1.82, 2.24) is 10.2 Å². The van der Waals surface area contributed by atoms with Gasteiger partial charge in [-0.3, -0.25) is 14.5 Å². The third-order valence-corrected chi connectivity index (χ3v) is 5.83. The molecule has 30 heavy (non-hydrogen) atoms. The van der Waals surface area contributed by atoms with E-state index in [1.165, 1.54) is 0 Å². The lowest BCUT2D eigenvalue weighted by atomic mass is 9.96. The Hall–Kier alpha value is -1.99. The minimum absolute atomic E-state index is 0.0436. The molecule has 0 aromatic heterocycles. The first-order chi connectivity index (χ1) is 14.6. The second-order valence-corrected chi connectivity index (χ2v) is 8.33. The van der Waals surface area contributed by atoms with Gasteiger partial charge in [-0.25, -0.2) is 0 Å². The van der Waals surface area contributed by atoms with Crippen LogP contribution in [0.25, 0.3) is 0 Å². The van der Waals surface area contributed by atoms with E-state index in [2.05, 4.69) is 22.5 Å². The Labute approximate surface area is 183 Å². The van der Waals surface area contributed by atoms with Crippen molar-refractivity contribution < 1.29 is 19.1 Å². The predicted molar refractivity (Wildman–Crippen MR) is 117 cm³/mol. The molecule has 3 rings (SSSR count). The monoisotopic (exact) mass is 437 g/mol. The Morgan fingerprint density at radius 2 is 1.83 bits per heavy atom. The number of nitrogens with one attached hydrogen (secondary N) is 2. The second kappa shape index (κ2) is 11.4. The largest absolute Gasteiger partial charge is 0.490 e. The Balaban J connectivity index is 1.44. The molecule has 1 saturated heterocycles. The molecule has 2 heterocycles. The van der Waals surface area contributed by atoms with Crippen molar-refractivity contribution in [3.05, 3.63) is 17.2 Å². The molecule has 2 amide bonds. The molecule has 1 aromatic carbocycles. The normalized spacial score (nSPS) is 17.3. The fourth-order valence-electron chi connectivity index (χ4n) is 3.76. The number of ether oxygens (including phenoxy) is 2. The van der Waals surface area contributed by atoms with E-state index in [-0.39, 0.29) is 24.3 Å². The van der Waals surface area contributed by atoms with E-state index in [0.29, 0.717) is 35.4 Å². The average Bonchev–Trinajstić information content (AvgIpc) is 2.96.